The van der Waals surface area contributed by atoms with Gasteiger partial charge in [0.05, 0.1) is 22.2 Å². The molecule has 0 bridgehead atoms. The zero-order chi connectivity index (χ0) is 14.7. The van der Waals surface area contributed by atoms with E-state index in [1.807, 2.05) is 25.1 Å². The number of ether oxygens (including phenoxy) is 1. The van der Waals surface area contributed by atoms with Crippen LogP contribution in [0.5, 0.6) is 11.5 Å². The van der Waals surface area contributed by atoms with Gasteiger partial charge in [0.25, 0.3) is 0 Å². The second-order valence-electron chi connectivity index (χ2n) is 4.56. The summed E-state index contributed by atoms with van der Waals surface area (Å²) in [5.41, 5.74) is 2.32. The fourth-order valence-corrected chi connectivity index (χ4v) is 2.24. The van der Waals surface area contributed by atoms with Crippen LogP contribution in [0.25, 0.3) is 0 Å². The SMILES string of the molecule is Cc1ccc(C#N)cc1Oc1ccc(C(C)O)cc1Br. The van der Waals surface area contributed by atoms with Crippen LogP contribution in [0.3, 0.4) is 0 Å². The molecule has 4 heteroatoms. The second-order valence-corrected chi connectivity index (χ2v) is 5.41. The molecule has 3 nitrogen and oxygen atoms in total. The van der Waals surface area contributed by atoms with E-state index in [0.29, 0.717) is 17.1 Å². The van der Waals surface area contributed by atoms with E-state index >= 15 is 0 Å². The van der Waals surface area contributed by atoms with Crippen molar-refractivity contribution >= 4 is 15.9 Å². The maximum absolute atomic E-state index is 9.54. The maximum Gasteiger partial charge on any atom is 0.141 e. The summed E-state index contributed by atoms with van der Waals surface area (Å²) in [4.78, 5) is 0. The Balaban J connectivity index is 2.33. The first-order valence-electron chi connectivity index (χ1n) is 6.17. The van der Waals surface area contributed by atoms with E-state index in [9.17, 15) is 5.11 Å². The molecule has 1 N–H and O–H groups in total. The Morgan fingerprint density at radius 2 is 1.95 bits per heavy atom. The Bertz CT molecular complexity index is 675. The standard InChI is InChI=1S/C16H14BrNO2/c1-10-3-4-12(9-18)7-16(10)20-15-6-5-13(11(2)19)8-14(15)17/h3-8,11,19H,1-2H3. The highest BCUT2D eigenvalue weighted by molar-refractivity contribution is 9.10. The molecule has 0 saturated carbocycles. The summed E-state index contributed by atoms with van der Waals surface area (Å²) in [6, 6.07) is 12.9. The van der Waals surface area contributed by atoms with Gasteiger partial charge in [0.2, 0.25) is 0 Å². The molecule has 0 aliphatic carbocycles. The molecule has 0 aromatic heterocycles. The first kappa shape index (κ1) is 14.6. The highest BCUT2D eigenvalue weighted by Gasteiger charge is 2.09. The van der Waals surface area contributed by atoms with Crippen molar-refractivity contribution in [2.75, 3.05) is 0 Å². The summed E-state index contributed by atoms with van der Waals surface area (Å²) in [6.07, 6.45) is -0.524. The van der Waals surface area contributed by atoms with Gasteiger partial charge in [0.15, 0.2) is 0 Å². The minimum absolute atomic E-state index is 0.524. The molecule has 2 rings (SSSR count). The molecule has 2 aromatic rings. The number of aryl methyl sites for hydroxylation is 1. The van der Waals surface area contributed by atoms with Crippen LogP contribution in [0.1, 0.15) is 29.7 Å². The molecule has 1 atom stereocenters. The molecule has 0 amide bonds. The van der Waals surface area contributed by atoms with Crippen LogP contribution < -0.4 is 4.74 Å². The molecule has 0 aliphatic heterocycles. The Hall–Kier alpha value is -1.83. The van der Waals surface area contributed by atoms with Gasteiger partial charge in [0.1, 0.15) is 11.5 Å². The Morgan fingerprint density at radius 3 is 2.55 bits per heavy atom. The third kappa shape index (κ3) is 3.19. The van der Waals surface area contributed by atoms with Gasteiger partial charge in [-0.05, 0) is 65.2 Å². The molecule has 1 unspecified atom stereocenters. The van der Waals surface area contributed by atoms with Gasteiger partial charge in [-0.3, -0.25) is 0 Å². The van der Waals surface area contributed by atoms with Gasteiger partial charge in [-0.15, -0.1) is 0 Å². The van der Waals surface area contributed by atoms with Crippen LogP contribution in [0, 0.1) is 18.3 Å². The molecule has 0 saturated heterocycles. The van der Waals surface area contributed by atoms with Crippen molar-refractivity contribution < 1.29 is 9.84 Å². The normalized spacial score (nSPS) is 11.8. The van der Waals surface area contributed by atoms with Crippen molar-refractivity contribution in [1.82, 2.24) is 0 Å². The lowest BCUT2D eigenvalue weighted by molar-refractivity contribution is 0.199. The van der Waals surface area contributed by atoms with E-state index in [1.54, 1.807) is 25.1 Å². The molecule has 0 aliphatic rings. The van der Waals surface area contributed by atoms with Gasteiger partial charge >= 0.3 is 0 Å². The highest BCUT2D eigenvalue weighted by atomic mass is 79.9. The number of nitriles is 1. The van der Waals surface area contributed by atoms with Crippen LogP contribution in [0.15, 0.2) is 40.9 Å². The van der Waals surface area contributed by atoms with Crippen molar-refractivity contribution in [3.63, 3.8) is 0 Å². The minimum Gasteiger partial charge on any atom is -0.456 e. The number of hydrogen-bond acceptors (Lipinski definition) is 3. The fourth-order valence-electron chi connectivity index (χ4n) is 1.76. The summed E-state index contributed by atoms with van der Waals surface area (Å²) in [6.45, 7) is 3.64. The van der Waals surface area contributed by atoms with Gasteiger partial charge in [0, 0.05) is 0 Å². The van der Waals surface area contributed by atoms with E-state index < -0.39 is 6.10 Å². The average molecular weight is 332 g/mol. The molecule has 20 heavy (non-hydrogen) atoms. The van der Waals surface area contributed by atoms with Gasteiger partial charge in [-0.25, -0.2) is 0 Å². The van der Waals surface area contributed by atoms with Crippen molar-refractivity contribution in [1.29, 1.82) is 5.26 Å². The summed E-state index contributed by atoms with van der Waals surface area (Å²) >= 11 is 3.43. The number of benzene rings is 2. The number of rotatable bonds is 3. The monoisotopic (exact) mass is 331 g/mol. The Kier molecular flexibility index (Phi) is 4.43. The van der Waals surface area contributed by atoms with Crippen molar-refractivity contribution in [3.05, 3.63) is 57.6 Å². The van der Waals surface area contributed by atoms with Crippen LogP contribution in [0.4, 0.5) is 0 Å². The summed E-state index contributed by atoms with van der Waals surface area (Å²) in [5, 5.41) is 18.5. The Morgan fingerprint density at radius 1 is 1.20 bits per heavy atom. The zero-order valence-electron chi connectivity index (χ0n) is 11.2. The highest BCUT2D eigenvalue weighted by Crippen LogP contribution is 2.33. The van der Waals surface area contributed by atoms with Crippen molar-refractivity contribution in [2.24, 2.45) is 0 Å². The number of hydrogen-bond donors (Lipinski definition) is 1. The van der Waals surface area contributed by atoms with Crippen LogP contribution in [-0.4, -0.2) is 5.11 Å². The summed E-state index contributed by atoms with van der Waals surface area (Å²) in [5.74, 6) is 1.29. The summed E-state index contributed by atoms with van der Waals surface area (Å²) < 4.78 is 6.60. The molecular formula is C16H14BrNO2. The lowest BCUT2D eigenvalue weighted by Crippen LogP contribution is -1.93. The predicted octanol–water partition coefficient (Wildman–Crippen LogP) is 4.47. The first-order valence-corrected chi connectivity index (χ1v) is 6.96. The van der Waals surface area contributed by atoms with Crippen LogP contribution in [0.2, 0.25) is 0 Å². The fraction of sp³-hybridized carbons (Fsp3) is 0.188. The van der Waals surface area contributed by atoms with Gasteiger partial charge in [-0.1, -0.05) is 12.1 Å². The summed E-state index contributed by atoms with van der Waals surface area (Å²) in [7, 11) is 0. The number of nitrogens with zero attached hydrogens (tertiary/aromatic N) is 1. The number of aliphatic hydroxyl groups is 1. The second kappa shape index (κ2) is 6.08. The number of halogens is 1. The molecule has 0 fully saturated rings. The molecule has 102 valence electrons. The van der Waals surface area contributed by atoms with Crippen LogP contribution in [-0.2, 0) is 0 Å². The Labute approximate surface area is 126 Å². The minimum atomic E-state index is -0.524. The topological polar surface area (TPSA) is 53.2 Å². The maximum atomic E-state index is 9.54. The molecule has 0 spiro atoms. The molecule has 2 aromatic carbocycles. The quantitative estimate of drug-likeness (QED) is 0.902. The predicted molar refractivity (Wildman–Crippen MR) is 80.7 cm³/mol. The first-order chi connectivity index (χ1) is 9.51. The van der Waals surface area contributed by atoms with Gasteiger partial charge < -0.3 is 9.84 Å². The van der Waals surface area contributed by atoms with E-state index in [2.05, 4.69) is 22.0 Å². The van der Waals surface area contributed by atoms with Crippen molar-refractivity contribution in [3.8, 4) is 17.6 Å². The van der Waals surface area contributed by atoms with Gasteiger partial charge in [-0.2, -0.15) is 5.26 Å². The molecule has 0 heterocycles. The third-order valence-electron chi connectivity index (χ3n) is 2.98. The van der Waals surface area contributed by atoms with E-state index in [4.69, 9.17) is 10.00 Å². The zero-order valence-corrected chi connectivity index (χ0v) is 12.8. The lowest BCUT2D eigenvalue weighted by Gasteiger charge is -2.12. The molecule has 0 radical (unpaired) electrons. The smallest absolute Gasteiger partial charge is 0.141 e. The third-order valence-corrected chi connectivity index (χ3v) is 3.60. The molecular weight excluding hydrogens is 318 g/mol. The lowest BCUT2D eigenvalue weighted by atomic mass is 10.1. The number of aliphatic hydroxyl groups excluding tert-OH is 1. The van der Waals surface area contributed by atoms with Crippen molar-refractivity contribution in [2.45, 2.75) is 20.0 Å². The van der Waals surface area contributed by atoms with E-state index in [1.165, 1.54) is 0 Å². The van der Waals surface area contributed by atoms with Crippen LogP contribution >= 0.6 is 15.9 Å². The largest absolute Gasteiger partial charge is 0.456 e. The van der Waals surface area contributed by atoms with E-state index in [-0.39, 0.29) is 0 Å². The average Bonchev–Trinajstić information content (AvgIpc) is 2.43. The van der Waals surface area contributed by atoms with E-state index in [0.717, 1.165) is 15.6 Å².